The molecule has 1 N–H and O–H groups in total. The van der Waals surface area contributed by atoms with E-state index in [9.17, 15) is 14.9 Å². The Morgan fingerprint density at radius 2 is 2.05 bits per heavy atom. The molecule has 7 heteroatoms. The average Bonchev–Trinajstić information content (AvgIpc) is 3.03. The van der Waals surface area contributed by atoms with Crippen molar-refractivity contribution in [2.45, 2.75) is 19.6 Å². The van der Waals surface area contributed by atoms with Crippen molar-refractivity contribution in [2.75, 3.05) is 0 Å². The summed E-state index contributed by atoms with van der Waals surface area (Å²) >= 11 is 0. The maximum absolute atomic E-state index is 10.9. The summed E-state index contributed by atoms with van der Waals surface area (Å²) in [6, 6.07) is 7.99. The Bertz CT molecular complexity index is 720. The minimum Gasteiger partial charge on any atom is -0.478 e. The van der Waals surface area contributed by atoms with E-state index in [1.807, 2.05) is 11.0 Å². The smallest absolute Gasteiger partial charge is 0.433 e. The van der Waals surface area contributed by atoms with Crippen LogP contribution in [0.3, 0.4) is 0 Å². The molecule has 0 atom stereocenters. The van der Waals surface area contributed by atoms with Gasteiger partial charge >= 0.3 is 11.9 Å². The van der Waals surface area contributed by atoms with Crippen LogP contribution in [0.15, 0.2) is 34.7 Å². The van der Waals surface area contributed by atoms with E-state index in [4.69, 9.17) is 9.52 Å². The average molecular weight is 288 g/mol. The first-order valence-corrected chi connectivity index (χ1v) is 6.33. The number of aromatic carboxylic acids is 1. The molecule has 1 aliphatic heterocycles. The molecule has 0 radical (unpaired) electrons. The molecule has 0 unspecified atom stereocenters. The topological polar surface area (TPSA) is 96.8 Å². The highest BCUT2D eigenvalue weighted by Crippen LogP contribution is 2.26. The van der Waals surface area contributed by atoms with Gasteiger partial charge in [-0.15, -0.1) is 0 Å². The number of carboxylic acid groups (broad SMARTS) is 1. The van der Waals surface area contributed by atoms with Gasteiger partial charge in [0.25, 0.3) is 0 Å². The third-order valence-corrected chi connectivity index (χ3v) is 3.45. The lowest BCUT2D eigenvalue weighted by Crippen LogP contribution is -2.15. The number of carbonyl (C=O) groups is 1. The van der Waals surface area contributed by atoms with Crippen LogP contribution in [0.1, 0.15) is 27.2 Å². The van der Waals surface area contributed by atoms with E-state index in [-0.39, 0.29) is 11.4 Å². The Kier molecular flexibility index (Phi) is 3.19. The lowest BCUT2D eigenvalue weighted by Gasteiger charge is -2.11. The van der Waals surface area contributed by atoms with E-state index in [2.05, 4.69) is 0 Å². The van der Waals surface area contributed by atoms with E-state index in [0.29, 0.717) is 25.4 Å². The van der Waals surface area contributed by atoms with Crippen LogP contribution in [0.5, 0.6) is 0 Å². The van der Waals surface area contributed by atoms with Gasteiger partial charge in [-0.25, -0.2) is 4.79 Å². The number of hydrogen-bond acceptors (Lipinski definition) is 5. The van der Waals surface area contributed by atoms with Crippen LogP contribution < -0.4 is 0 Å². The van der Waals surface area contributed by atoms with Crippen LogP contribution in [0.4, 0.5) is 5.88 Å². The number of rotatable bonds is 4. The molecule has 1 aliphatic rings. The molecule has 0 bridgehead atoms. The summed E-state index contributed by atoms with van der Waals surface area (Å²) in [6.07, 6.45) is 0. The van der Waals surface area contributed by atoms with Crippen molar-refractivity contribution < 1.29 is 19.2 Å². The zero-order valence-electron chi connectivity index (χ0n) is 11.0. The van der Waals surface area contributed by atoms with Crippen LogP contribution in [0, 0.1) is 10.1 Å². The second-order valence-electron chi connectivity index (χ2n) is 4.93. The molecule has 0 saturated carbocycles. The van der Waals surface area contributed by atoms with Gasteiger partial charge in [0.1, 0.15) is 10.7 Å². The van der Waals surface area contributed by atoms with E-state index >= 15 is 0 Å². The molecule has 2 aromatic rings. The number of nitrogens with zero attached hydrogens (tertiary/aromatic N) is 2. The molecule has 2 heterocycles. The summed E-state index contributed by atoms with van der Waals surface area (Å²) in [5.41, 5.74) is 2.31. The van der Waals surface area contributed by atoms with Crippen LogP contribution >= 0.6 is 0 Å². The van der Waals surface area contributed by atoms with E-state index < -0.39 is 10.9 Å². The Labute approximate surface area is 119 Å². The van der Waals surface area contributed by atoms with Gasteiger partial charge in [-0.05, 0) is 29.3 Å². The van der Waals surface area contributed by atoms with Crippen molar-refractivity contribution in [2.24, 2.45) is 0 Å². The lowest BCUT2D eigenvalue weighted by molar-refractivity contribution is -0.402. The van der Waals surface area contributed by atoms with Gasteiger partial charge in [0.05, 0.1) is 18.2 Å². The molecule has 7 nitrogen and oxygen atoms in total. The molecule has 0 saturated heterocycles. The lowest BCUT2D eigenvalue weighted by atomic mass is 10.1. The number of furan rings is 1. The Morgan fingerprint density at radius 3 is 2.71 bits per heavy atom. The normalized spacial score (nSPS) is 14.1. The van der Waals surface area contributed by atoms with Crippen molar-refractivity contribution in [1.82, 2.24) is 4.90 Å². The van der Waals surface area contributed by atoms with Crippen molar-refractivity contribution >= 4 is 11.9 Å². The van der Waals surface area contributed by atoms with Crippen LogP contribution in [0.25, 0.3) is 0 Å². The summed E-state index contributed by atoms with van der Waals surface area (Å²) < 4.78 is 5.13. The largest absolute Gasteiger partial charge is 0.478 e. The number of benzene rings is 1. The molecule has 0 aliphatic carbocycles. The van der Waals surface area contributed by atoms with Gasteiger partial charge < -0.3 is 9.52 Å². The number of hydrogen-bond donors (Lipinski definition) is 1. The van der Waals surface area contributed by atoms with E-state index in [1.165, 1.54) is 6.07 Å². The highest BCUT2D eigenvalue weighted by atomic mass is 16.6. The Hall–Kier alpha value is -2.67. The second-order valence-corrected chi connectivity index (χ2v) is 4.93. The Morgan fingerprint density at radius 1 is 1.29 bits per heavy atom. The maximum Gasteiger partial charge on any atom is 0.433 e. The van der Waals surface area contributed by atoms with Gasteiger partial charge in [0.15, 0.2) is 0 Å². The summed E-state index contributed by atoms with van der Waals surface area (Å²) in [6.45, 7) is 1.72. The molecular weight excluding hydrogens is 276 g/mol. The van der Waals surface area contributed by atoms with Crippen LogP contribution in [-0.4, -0.2) is 20.9 Å². The molecular formula is C14H12N2O5. The second kappa shape index (κ2) is 5.02. The zero-order valence-corrected chi connectivity index (χ0v) is 11.0. The van der Waals surface area contributed by atoms with Crippen LogP contribution in [-0.2, 0) is 19.6 Å². The van der Waals surface area contributed by atoms with Crippen molar-refractivity contribution in [3.63, 3.8) is 0 Å². The SMILES string of the molecule is O=C(O)c1ccc2c(c1)CN(Cc1ccc([N+](=O)[O-])o1)C2. The molecule has 1 aromatic heterocycles. The van der Waals surface area contributed by atoms with Gasteiger partial charge in [-0.3, -0.25) is 15.0 Å². The first-order chi connectivity index (χ1) is 10.0. The maximum atomic E-state index is 10.9. The minimum absolute atomic E-state index is 0.268. The molecule has 0 amide bonds. The highest BCUT2D eigenvalue weighted by molar-refractivity contribution is 5.87. The summed E-state index contributed by atoms with van der Waals surface area (Å²) in [5.74, 6) is -0.694. The fourth-order valence-electron chi connectivity index (χ4n) is 2.48. The third kappa shape index (κ3) is 2.63. The number of carboxylic acids is 1. The standard InChI is InChI=1S/C14H12N2O5/c17-14(18)9-1-2-10-6-15(7-11(10)5-9)8-12-3-4-13(21-12)16(19)20/h1-5H,6-8H2,(H,17,18). The van der Waals surface area contributed by atoms with Gasteiger partial charge in [0, 0.05) is 13.1 Å². The van der Waals surface area contributed by atoms with Gasteiger partial charge in [-0.2, -0.15) is 0 Å². The molecule has 1 aromatic carbocycles. The highest BCUT2D eigenvalue weighted by Gasteiger charge is 2.22. The van der Waals surface area contributed by atoms with Crippen molar-refractivity contribution in [3.05, 3.63) is 62.9 Å². The van der Waals surface area contributed by atoms with Gasteiger partial charge in [0.2, 0.25) is 0 Å². The minimum atomic E-state index is -0.946. The molecule has 21 heavy (non-hydrogen) atoms. The fraction of sp³-hybridized carbons (Fsp3) is 0.214. The van der Waals surface area contributed by atoms with E-state index in [1.54, 1.807) is 18.2 Å². The van der Waals surface area contributed by atoms with Gasteiger partial charge in [-0.1, -0.05) is 6.07 Å². The van der Waals surface area contributed by atoms with Crippen molar-refractivity contribution in [3.8, 4) is 0 Å². The summed E-state index contributed by atoms with van der Waals surface area (Å²) in [7, 11) is 0. The monoisotopic (exact) mass is 288 g/mol. The fourth-order valence-corrected chi connectivity index (χ4v) is 2.48. The number of fused-ring (bicyclic) bond motifs is 1. The quantitative estimate of drug-likeness (QED) is 0.685. The third-order valence-electron chi connectivity index (χ3n) is 3.45. The zero-order chi connectivity index (χ0) is 15.0. The van der Waals surface area contributed by atoms with E-state index in [0.717, 1.165) is 11.1 Å². The Balaban J connectivity index is 1.72. The van der Waals surface area contributed by atoms with Crippen molar-refractivity contribution in [1.29, 1.82) is 0 Å². The molecule has 108 valence electrons. The summed E-state index contributed by atoms with van der Waals surface area (Å²) in [5, 5.41) is 19.6. The number of nitro groups is 1. The predicted molar refractivity (Wildman–Crippen MR) is 71.7 cm³/mol. The molecule has 0 spiro atoms. The predicted octanol–water partition coefficient (Wildman–Crippen LogP) is 2.40. The first kappa shape index (κ1) is 13.3. The summed E-state index contributed by atoms with van der Waals surface area (Å²) in [4.78, 5) is 23.0. The molecule has 3 rings (SSSR count). The van der Waals surface area contributed by atoms with Crippen LogP contribution in [0.2, 0.25) is 0 Å². The first-order valence-electron chi connectivity index (χ1n) is 6.33. The molecule has 0 fully saturated rings.